The van der Waals surface area contributed by atoms with Crippen molar-refractivity contribution in [3.63, 3.8) is 0 Å². The zero-order chi connectivity index (χ0) is 20.8. The highest BCUT2D eigenvalue weighted by atomic mass is 32.2. The third-order valence-electron chi connectivity index (χ3n) is 5.71. The molecule has 30 heavy (non-hydrogen) atoms. The molecule has 1 aromatic heterocycles. The van der Waals surface area contributed by atoms with Gasteiger partial charge in [0, 0.05) is 34.8 Å². The van der Waals surface area contributed by atoms with Gasteiger partial charge in [0.15, 0.2) is 0 Å². The van der Waals surface area contributed by atoms with Crippen LogP contribution in [-0.4, -0.2) is 50.6 Å². The molecule has 2 aliphatic rings. The number of H-pyrrole nitrogens is 1. The minimum absolute atomic E-state index is 0.155. The van der Waals surface area contributed by atoms with Gasteiger partial charge in [0.25, 0.3) is 5.91 Å². The van der Waals surface area contributed by atoms with E-state index in [-0.39, 0.29) is 17.7 Å². The molecule has 152 valence electrons. The number of aromatic nitrogens is 1. The van der Waals surface area contributed by atoms with Gasteiger partial charge < -0.3 is 20.3 Å². The van der Waals surface area contributed by atoms with Gasteiger partial charge in [-0.3, -0.25) is 9.59 Å². The van der Waals surface area contributed by atoms with Gasteiger partial charge in [-0.1, -0.05) is 36.4 Å². The fraction of sp³-hybridized carbons (Fsp3) is 0.227. The zero-order valence-electron chi connectivity index (χ0n) is 15.9. The maximum Gasteiger partial charge on any atom is 0.326 e. The van der Waals surface area contributed by atoms with Crippen molar-refractivity contribution in [2.24, 2.45) is 0 Å². The summed E-state index contributed by atoms with van der Waals surface area (Å²) in [4.78, 5) is 42.4. The number of thioether (sulfide) groups is 1. The number of carboxylic acids is 1. The van der Waals surface area contributed by atoms with Crippen LogP contribution in [0.5, 0.6) is 0 Å². The van der Waals surface area contributed by atoms with Crippen molar-refractivity contribution < 1.29 is 19.5 Å². The minimum Gasteiger partial charge on any atom is -0.480 e. The van der Waals surface area contributed by atoms with Gasteiger partial charge >= 0.3 is 5.97 Å². The van der Waals surface area contributed by atoms with Crippen molar-refractivity contribution in [1.29, 1.82) is 0 Å². The summed E-state index contributed by atoms with van der Waals surface area (Å²) >= 11 is 1.53. The van der Waals surface area contributed by atoms with Crippen LogP contribution in [0.2, 0.25) is 0 Å². The number of para-hydroxylation sites is 1. The Labute approximate surface area is 176 Å². The lowest BCUT2D eigenvalue weighted by molar-refractivity contribution is -0.142. The van der Waals surface area contributed by atoms with E-state index in [4.69, 9.17) is 0 Å². The molecule has 3 N–H and O–H groups in total. The number of rotatable bonds is 5. The molecule has 0 bridgehead atoms. The lowest BCUT2D eigenvalue weighted by atomic mass is 10.0. The average Bonchev–Trinajstić information content (AvgIpc) is 3.43. The SMILES string of the molecule is O=C(O)[C@H](Cc1c[nH]c2ccccc12)NC(=O)[C@@H]1CS[C@@H]2c3ccccc3C(=O)N21. The second-order valence-corrected chi connectivity index (χ2v) is 8.58. The number of hydrogen-bond donors (Lipinski definition) is 3. The molecule has 5 rings (SSSR count). The Morgan fingerprint density at radius 2 is 1.97 bits per heavy atom. The van der Waals surface area contributed by atoms with Crippen LogP contribution >= 0.6 is 11.8 Å². The molecule has 0 saturated carbocycles. The summed E-state index contributed by atoms with van der Waals surface area (Å²) in [6, 6.07) is 13.2. The Kier molecular flexibility index (Phi) is 4.51. The molecule has 2 aromatic carbocycles. The number of fused-ring (bicyclic) bond motifs is 4. The van der Waals surface area contributed by atoms with Crippen molar-refractivity contribution >= 4 is 40.4 Å². The Hall–Kier alpha value is -3.26. The fourth-order valence-corrected chi connectivity index (χ4v) is 5.70. The number of carbonyl (C=O) groups is 3. The maximum atomic E-state index is 13.0. The predicted molar refractivity (Wildman–Crippen MR) is 113 cm³/mol. The van der Waals surface area contributed by atoms with E-state index in [1.165, 1.54) is 11.8 Å². The van der Waals surface area contributed by atoms with Gasteiger partial charge in [-0.25, -0.2) is 4.79 Å². The topological polar surface area (TPSA) is 102 Å². The maximum absolute atomic E-state index is 13.0. The molecule has 2 aliphatic heterocycles. The number of aromatic amines is 1. The van der Waals surface area contributed by atoms with Crippen LogP contribution in [0.1, 0.15) is 26.9 Å². The van der Waals surface area contributed by atoms with Gasteiger partial charge in [-0.05, 0) is 23.3 Å². The molecule has 1 saturated heterocycles. The number of nitrogens with one attached hydrogen (secondary N) is 2. The molecular formula is C22H19N3O4S. The molecule has 0 unspecified atom stereocenters. The molecule has 3 aromatic rings. The average molecular weight is 421 g/mol. The summed E-state index contributed by atoms with van der Waals surface area (Å²) in [6.07, 6.45) is 1.93. The van der Waals surface area contributed by atoms with Crippen LogP contribution in [0, 0.1) is 0 Å². The van der Waals surface area contributed by atoms with E-state index in [1.54, 1.807) is 23.2 Å². The van der Waals surface area contributed by atoms with E-state index in [0.717, 1.165) is 22.0 Å². The zero-order valence-corrected chi connectivity index (χ0v) is 16.7. The predicted octanol–water partition coefficient (Wildman–Crippen LogP) is 2.55. The van der Waals surface area contributed by atoms with Crippen molar-refractivity contribution in [2.45, 2.75) is 23.9 Å². The summed E-state index contributed by atoms with van der Waals surface area (Å²) in [5, 5.41) is 13.1. The Bertz CT molecular complexity index is 1170. The first kappa shape index (κ1) is 18.7. The van der Waals surface area contributed by atoms with Gasteiger partial charge in [0.2, 0.25) is 5.91 Å². The smallest absolute Gasteiger partial charge is 0.326 e. The number of carboxylic acid groups (broad SMARTS) is 1. The van der Waals surface area contributed by atoms with Gasteiger partial charge in [0.1, 0.15) is 17.5 Å². The minimum atomic E-state index is -1.10. The molecule has 1 fully saturated rings. The van der Waals surface area contributed by atoms with Crippen LogP contribution in [0.3, 0.4) is 0 Å². The van der Waals surface area contributed by atoms with Crippen LogP contribution in [0.25, 0.3) is 10.9 Å². The second kappa shape index (κ2) is 7.21. The monoisotopic (exact) mass is 421 g/mol. The van der Waals surface area contributed by atoms with Gasteiger partial charge in [-0.15, -0.1) is 11.8 Å². The first-order valence-corrected chi connectivity index (χ1v) is 10.7. The third kappa shape index (κ3) is 2.95. The Morgan fingerprint density at radius 3 is 2.80 bits per heavy atom. The number of amides is 2. The number of hydrogen-bond acceptors (Lipinski definition) is 4. The molecule has 0 spiro atoms. The molecule has 2 amide bonds. The molecule has 3 atom stereocenters. The van der Waals surface area contributed by atoms with Crippen molar-refractivity contribution in [2.75, 3.05) is 5.75 Å². The highest BCUT2D eigenvalue weighted by molar-refractivity contribution is 7.99. The highest BCUT2D eigenvalue weighted by Crippen LogP contribution is 2.48. The lowest BCUT2D eigenvalue weighted by Gasteiger charge is -2.24. The Balaban J connectivity index is 1.35. The standard InChI is InChI=1S/C22H19N3O4S/c26-19(18-11-30-21-15-7-2-1-6-14(15)20(27)25(18)21)24-17(22(28)29)9-12-10-23-16-8-4-3-5-13(12)16/h1-8,10,17-18,21,23H,9,11H2,(H,24,26)(H,28,29)/t17-,18-,21+/m0/s1. The van der Waals surface area contributed by atoms with Crippen LogP contribution in [-0.2, 0) is 16.0 Å². The van der Waals surface area contributed by atoms with Crippen molar-refractivity contribution in [1.82, 2.24) is 15.2 Å². The summed E-state index contributed by atoms with van der Waals surface area (Å²) in [5.74, 6) is -1.27. The highest BCUT2D eigenvalue weighted by Gasteiger charge is 2.48. The fourth-order valence-electron chi connectivity index (χ4n) is 4.23. The molecular weight excluding hydrogens is 402 g/mol. The van der Waals surface area contributed by atoms with Crippen molar-refractivity contribution in [3.05, 3.63) is 71.4 Å². The number of carbonyl (C=O) groups excluding carboxylic acids is 2. The van der Waals surface area contributed by atoms with E-state index < -0.39 is 24.0 Å². The molecule has 8 heteroatoms. The van der Waals surface area contributed by atoms with Gasteiger partial charge in [-0.2, -0.15) is 0 Å². The van der Waals surface area contributed by atoms with E-state index >= 15 is 0 Å². The number of benzene rings is 2. The lowest BCUT2D eigenvalue weighted by Crippen LogP contribution is -2.51. The first-order valence-electron chi connectivity index (χ1n) is 9.66. The van der Waals surface area contributed by atoms with Crippen LogP contribution < -0.4 is 5.32 Å². The third-order valence-corrected chi connectivity index (χ3v) is 7.01. The number of aliphatic carboxylic acids is 1. The van der Waals surface area contributed by atoms with Crippen LogP contribution in [0.4, 0.5) is 0 Å². The van der Waals surface area contributed by atoms with Crippen LogP contribution in [0.15, 0.2) is 54.7 Å². The molecule has 0 aliphatic carbocycles. The first-order chi connectivity index (χ1) is 14.5. The molecule has 7 nitrogen and oxygen atoms in total. The number of nitrogens with zero attached hydrogens (tertiary/aromatic N) is 1. The molecule has 3 heterocycles. The van der Waals surface area contributed by atoms with Crippen molar-refractivity contribution in [3.8, 4) is 0 Å². The van der Waals surface area contributed by atoms with E-state index in [1.807, 2.05) is 36.4 Å². The van der Waals surface area contributed by atoms with E-state index in [0.29, 0.717) is 11.3 Å². The largest absolute Gasteiger partial charge is 0.480 e. The Morgan fingerprint density at radius 1 is 1.20 bits per heavy atom. The second-order valence-electron chi connectivity index (χ2n) is 7.46. The summed E-state index contributed by atoms with van der Waals surface area (Å²) in [6.45, 7) is 0. The van der Waals surface area contributed by atoms with E-state index in [9.17, 15) is 19.5 Å². The summed E-state index contributed by atoms with van der Waals surface area (Å²) in [5.41, 5.74) is 3.26. The summed E-state index contributed by atoms with van der Waals surface area (Å²) in [7, 11) is 0. The van der Waals surface area contributed by atoms with Gasteiger partial charge in [0.05, 0.1) is 0 Å². The quantitative estimate of drug-likeness (QED) is 0.588. The normalized spacial score (nSPS) is 20.8. The summed E-state index contributed by atoms with van der Waals surface area (Å²) < 4.78 is 0. The molecule has 0 radical (unpaired) electrons. The van der Waals surface area contributed by atoms with E-state index in [2.05, 4.69) is 10.3 Å².